The van der Waals surface area contributed by atoms with Crippen LogP contribution < -0.4 is 11.1 Å². The summed E-state index contributed by atoms with van der Waals surface area (Å²) >= 11 is 0. The SMILES string of the molecule is C/C=C(\NC(N)c1ccccc1)S(c1ccccc1)(c1ccccc1)c1ccc2c(c1)c1ccccc1n2C1C=CC=CC1. The highest BCUT2D eigenvalue weighted by atomic mass is 32.3. The molecular weight excluding hydrogens is 555 g/mol. The number of benzene rings is 5. The van der Waals surface area contributed by atoms with E-state index in [1.807, 2.05) is 18.2 Å². The second-order valence-electron chi connectivity index (χ2n) is 11.1. The summed E-state index contributed by atoms with van der Waals surface area (Å²) in [5.74, 6) is 0. The molecule has 3 N–H and O–H groups in total. The molecule has 4 heteroatoms. The number of hydrogen-bond acceptors (Lipinski definition) is 2. The Kier molecular flexibility index (Phi) is 7.69. The van der Waals surface area contributed by atoms with Gasteiger partial charge in [-0.2, -0.15) is 0 Å². The molecule has 0 saturated heterocycles. The van der Waals surface area contributed by atoms with Crippen LogP contribution in [-0.2, 0) is 0 Å². The van der Waals surface area contributed by atoms with Crippen LogP contribution in [0, 0.1) is 0 Å². The van der Waals surface area contributed by atoms with Gasteiger partial charge in [-0.15, -0.1) is 10.0 Å². The maximum atomic E-state index is 6.90. The monoisotopic (exact) mass is 591 g/mol. The number of nitrogens with two attached hydrogens (primary N) is 1. The van der Waals surface area contributed by atoms with E-state index in [1.54, 1.807) is 0 Å². The molecule has 2 atom stereocenters. The van der Waals surface area contributed by atoms with E-state index in [9.17, 15) is 0 Å². The first-order valence-corrected chi connectivity index (χ1v) is 16.9. The third kappa shape index (κ3) is 4.77. The topological polar surface area (TPSA) is 43.0 Å². The summed E-state index contributed by atoms with van der Waals surface area (Å²) in [6.07, 6.45) is 11.7. The van der Waals surface area contributed by atoms with Crippen molar-refractivity contribution in [2.45, 2.75) is 40.2 Å². The Morgan fingerprint density at radius 3 is 1.98 bits per heavy atom. The first kappa shape index (κ1) is 28.0. The van der Waals surface area contributed by atoms with Crippen molar-refractivity contribution >= 4 is 31.8 Å². The van der Waals surface area contributed by atoms with Gasteiger partial charge in [-0.3, -0.25) is 0 Å². The van der Waals surface area contributed by atoms with E-state index in [1.165, 1.54) is 36.5 Å². The van der Waals surface area contributed by atoms with E-state index in [-0.39, 0.29) is 12.2 Å². The summed E-state index contributed by atoms with van der Waals surface area (Å²) in [5.41, 5.74) is 10.5. The predicted molar refractivity (Wildman–Crippen MR) is 187 cm³/mol. The fraction of sp³-hybridized carbons (Fsp3) is 0.100. The maximum Gasteiger partial charge on any atom is 0.101 e. The maximum absolute atomic E-state index is 6.90. The van der Waals surface area contributed by atoms with E-state index in [2.05, 4.69) is 162 Å². The van der Waals surface area contributed by atoms with Gasteiger partial charge in [0.1, 0.15) is 6.17 Å². The van der Waals surface area contributed by atoms with Crippen LogP contribution >= 0.6 is 10.0 Å². The second-order valence-corrected chi connectivity index (χ2v) is 14.2. The number of para-hydroxylation sites is 1. The number of hydrogen-bond donors (Lipinski definition) is 2. The average molecular weight is 592 g/mol. The predicted octanol–water partition coefficient (Wildman–Crippen LogP) is 10.2. The molecule has 3 nitrogen and oxygen atoms in total. The van der Waals surface area contributed by atoms with Crippen LogP contribution in [0.4, 0.5) is 0 Å². The highest BCUT2D eigenvalue weighted by Gasteiger charge is 2.36. The third-order valence-electron chi connectivity index (χ3n) is 8.57. The number of nitrogens with one attached hydrogen (secondary N) is 1. The molecule has 6 aromatic rings. The second kappa shape index (κ2) is 12.1. The number of fused-ring (bicyclic) bond motifs is 3. The minimum Gasteiger partial charge on any atom is -0.362 e. The van der Waals surface area contributed by atoms with Crippen molar-refractivity contribution < 1.29 is 0 Å². The summed E-state index contributed by atoms with van der Waals surface area (Å²) < 4.78 is 2.51. The molecule has 0 bridgehead atoms. The number of aromatic nitrogens is 1. The fourth-order valence-corrected chi connectivity index (χ4v) is 10.5. The van der Waals surface area contributed by atoms with Gasteiger partial charge >= 0.3 is 0 Å². The lowest BCUT2D eigenvalue weighted by molar-refractivity contribution is 0.643. The molecule has 44 heavy (non-hydrogen) atoms. The van der Waals surface area contributed by atoms with E-state index >= 15 is 0 Å². The number of allylic oxidation sites excluding steroid dienone is 5. The molecule has 5 aromatic carbocycles. The fourth-order valence-electron chi connectivity index (χ4n) is 6.57. The summed E-state index contributed by atoms with van der Waals surface area (Å²) in [6.45, 7) is 2.13. The summed E-state index contributed by atoms with van der Waals surface area (Å²) in [6, 6.07) is 48.4. The van der Waals surface area contributed by atoms with Crippen molar-refractivity contribution in [3.63, 3.8) is 0 Å². The first-order valence-electron chi connectivity index (χ1n) is 15.2. The van der Waals surface area contributed by atoms with Crippen LogP contribution in [0.2, 0.25) is 0 Å². The van der Waals surface area contributed by atoms with E-state index in [0.29, 0.717) is 0 Å². The molecule has 1 aliphatic carbocycles. The molecule has 1 aliphatic rings. The van der Waals surface area contributed by atoms with Crippen LogP contribution in [0.1, 0.15) is 31.1 Å². The molecule has 0 amide bonds. The Balaban J connectivity index is 1.51. The highest BCUT2D eigenvalue weighted by Crippen LogP contribution is 2.73. The van der Waals surface area contributed by atoms with Gasteiger partial charge in [-0.25, -0.2) is 0 Å². The molecule has 0 fully saturated rings. The Morgan fingerprint density at radius 1 is 0.727 bits per heavy atom. The molecule has 7 rings (SSSR count). The minimum absolute atomic E-state index is 0.283. The lowest BCUT2D eigenvalue weighted by Crippen LogP contribution is -2.30. The third-order valence-corrected chi connectivity index (χ3v) is 12.5. The zero-order valence-electron chi connectivity index (χ0n) is 24.9. The first-order chi connectivity index (χ1) is 21.7. The normalized spacial score (nSPS) is 16.3. The zero-order chi connectivity index (χ0) is 29.9. The molecule has 0 spiro atoms. The van der Waals surface area contributed by atoms with Crippen molar-refractivity contribution in [2.24, 2.45) is 5.73 Å². The van der Waals surface area contributed by atoms with E-state index in [4.69, 9.17) is 5.73 Å². The van der Waals surface area contributed by atoms with Gasteiger partial charge in [-0.05, 0) is 67.4 Å². The van der Waals surface area contributed by atoms with Crippen LogP contribution in [0.15, 0.2) is 184 Å². The zero-order valence-corrected chi connectivity index (χ0v) is 25.7. The van der Waals surface area contributed by atoms with Gasteiger partial charge in [0, 0.05) is 36.5 Å². The molecule has 0 radical (unpaired) electrons. The Morgan fingerprint density at radius 2 is 1.34 bits per heavy atom. The smallest absolute Gasteiger partial charge is 0.101 e. The Bertz CT molecular complexity index is 1950. The Labute approximate surface area is 261 Å². The summed E-state index contributed by atoms with van der Waals surface area (Å²) in [4.78, 5) is 3.79. The summed E-state index contributed by atoms with van der Waals surface area (Å²) in [7, 11) is -1.97. The highest BCUT2D eigenvalue weighted by molar-refractivity contribution is 8.36. The van der Waals surface area contributed by atoms with Crippen molar-refractivity contribution in [3.8, 4) is 0 Å². The minimum atomic E-state index is -1.97. The molecule has 0 aliphatic heterocycles. The number of rotatable bonds is 8. The van der Waals surface area contributed by atoms with Crippen LogP contribution in [0.3, 0.4) is 0 Å². The van der Waals surface area contributed by atoms with Gasteiger partial charge in [0.05, 0.1) is 11.1 Å². The lowest BCUT2D eigenvalue weighted by Gasteiger charge is -2.44. The largest absolute Gasteiger partial charge is 0.362 e. The van der Waals surface area contributed by atoms with Gasteiger partial charge in [0.25, 0.3) is 0 Å². The molecule has 218 valence electrons. The van der Waals surface area contributed by atoms with E-state index in [0.717, 1.165) is 17.0 Å². The molecule has 0 saturated carbocycles. The van der Waals surface area contributed by atoms with Crippen LogP contribution in [0.5, 0.6) is 0 Å². The van der Waals surface area contributed by atoms with Crippen molar-refractivity contribution in [1.82, 2.24) is 9.88 Å². The molecule has 1 aromatic heterocycles. The van der Waals surface area contributed by atoms with Gasteiger partial charge in [0.15, 0.2) is 0 Å². The van der Waals surface area contributed by atoms with Crippen molar-refractivity contribution in [2.75, 3.05) is 0 Å². The van der Waals surface area contributed by atoms with Crippen molar-refractivity contribution in [3.05, 3.63) is 174 Å². The molecule has 2 unspecified atom stereocenters. The molecular formula is C40H37N3S. The number of nitrogens with zero attached hydrogens (tertiary/aromatic N) is 1. The van der Waals surface area contributed by atoms with E-state index < -0.39 is 10.0 Å². The van der Waals surface area contributed by atoms with Crippen LogP contribution in [-0.4, -0.2) is 4.57 Å². The van der Waals surface area contributed by atoms with Gasteiger partial charge in [-0.1, -0.05) is 115 Å². The Hall–Kier alpha value is -4.77. The standard InChI is InChI=1S/C40H37N3S/c1-2-39(42-40(41)30-17-7-3-8-18-30)44(32-21-11-5-12-22-32,33-23-13-6-14-24-33)34-27-28-38-36(29-34)35-25-15-16-26-37(35)43(38)31-19-9-4-10-20-31/h2-19,21-29,31,40,42H,20,41H2,1H3/b39-2+. The van der Waals surface area contributed by atoms with Gasteiger partial charge < -0.3 is 15.6 Å². The molecule has 1 heterocycles. The average Bonchev–Trinajstić information content (AvgIpc) is 3.43. The van der Waals surface area contributed by atoms with Crippen LogP contribution in [0.25, 0.3) is 21.8 Å². The summed E-state index contributed by atoms with van der Waals surface area (Å²) in [5, 5.41) is 7.48. The van der Waals surface area contributed by atoms with Crippen molar-refractivity contribution in [1.29, 1.82) is 0 Å². The quantitative estimate of drug-likeness (QED) is 0.173. The van der Waals surface area contributed by atoms with Gasteiger partial charge in [0.2, 0.25) is 0 Å². The lowest BCUT2D eigenvalue weighted by atomic mass is 10.1.